The van der Waals surface area contributed by atoms with Crippen LogP contribution in [0, 0.1) is 11.3 Å². The van der Waals surface area contributed by atoms with Crippen LogP contribution in [0.3, 0.4) is 0 Å². The molecule has 0 spiro atoms. The number of aromatic nitrogens is 2. The number of rotatable bonds is 2. The molecular weight excluding hydrogens is 170 g/mol. The van der Waals surface area contributed by atoms with Crippen molar-refractivity contribution in [3.8, 4) is 6.07 Å². The fourth-order valence-corrected chi connectivity index (χ4v) is 0.864. The quantitative estimate of drug-likeness (QED) is 0.624. The van der Waals surface area contributed by atoms with E-state index in [9.17, 15) is 9.59 Å². The monoisotopic (exact) mass is 177 g/mol. The van der Waals surface area contributed by atoms with Crippen LogP contribution in [0.2, 0.25) is 0 Å². The summed E-state index contributed by atoms with van der Waals surface area (Å²) in [4.78, 5) is 24.0. The molecule has 0 bridgehead atoms. The van der Waals surface area contributed by atoms with E-state index < -0.39 is 11.2 Å². The number of hydrogen-bond acceptors (Lipinski definition) is 3. The molecule has 0 aromatic carbocycles. The summed E-state index contributed by atoms with van der Waals surface area (Å²) in [5, 5.41) is 8.49. The first-order valence-electron chi connectivity index (χ1n) is 3.54. The van der Waals surface area contributed by atoms with E-state index in [-0.39, 0.29) is 12.1 Å². The van der Waals surface area contributed by atoms with E-state index in [1.165, 1.54) is 16.8 Å². The molecule has 0 aliphatic rings. The molecule has 5 heteroatoms. The van der Waals surface area contributed by atoms with E-state index in [0.29, 0.717) is 0 Å². The standard InChI is InChI=1S/C8H7N3O2/c1-2-3-11-5-6(4-9)7(12)10-8(11)13/h2,5H,1,3H2,(H,10,12,13). The van der Waals surface area contributed by atoms with Gasteiger partial charge in [0.25, 0.3) is 5.56 Å². The molecule has 1 rings (SSSR count). The predicted octanol–water partition coefficient (Wildman–Crippen LogP) is -0.406. The van der Waals surface area contributed by atoms with Gasteiger partial charge in [0.2, 0.25) is 0 Å². The molecule has 0 saturated carbocycles. The summed E-state index contributed by atoms with van der Waals surface area (Å²) in [6, 6.07) is 1.68. The second-order valence-electron chi connectivity index (χ2n) is 2.35. The third kappa shape index (κ3) is 1.73. The lowest BCUT2D eigenvalue weighted by Crippen LogP contribution is -2.30. The van der Waals surface area contributed by atoms with Crippen LogP contribution in [0.1, 0.15) is 5.56 Å². The molecule has 0 saturated heterocycles. The van der Waals surface area contributed by atoms with Crippen molar-refractivity contribution in [2.24, 2.45) is 0 Å². The Hall–Kier alpha value is -2.09. The van der Waals surface area contributed by atoms with Gasteiger partial charge >= 0.3 is 5.69 Å². The summed E-state index contributed by atoms with van der Waals surface area (Å²) in [5.74, 6) is 0. The molecule has 5 nitrogen and oxygen atoms in total. The van der Waals surface area contributed by atoms with Crippen LogP contribution in [-0.2, 0) is 6.54 Å². The van der Waals surface area contributed by atoms with Gasteiger partial charge in [0, 0.05) is 12.7 Å². The minimum absolute atomic E-state index is 0.0820. The molecule has 0 unspecified atom stereocenters. The van der Waals surface area contributed by atoms with Crippen LogP contribution in [0.15, 0.2) is 28.4 Å². The molecule has 0 fully saturated rings. The molecule has 1 N–H and O–H groups in total. The van der Waals surface area contributed by atoms with E-state index in [0.717, 1.165) is 0 Å². The molecular formula is C8H7N3O2. The minimum atomic E-state index is -0.659. The zero-order valence-corrected chi connectivity index (χ0v) is 6.78. The van der Waals surface area contributed by atoms with Crippen molar-refractivity contribution in [2.75, 3.05) is 0 Å². The van der Waals surface area contributed by atoms with Gasteiger partial charge < -0.3 is 0 Å². The first-order valence-corrected chi connectivity index (χ1v) is 3.54. The average Bonchev–Trinajstić information content (AvgIpc) is 2.10. The second-order valence-corrected chi connectivity index (χ2v) is 2.35. The first-order chi connectivity index (χ1) is 6.19. The zero-order chi connectivity index (χ0) is 9.84. The Labute approximate surface area is 73.6 Å². The van der Waals surface area contributed by atoms with Gasteiger partial charge in [-0.25, -0.2) is 4.79 Å². The highest BCUT2D eigenvalue weighted by Crippen LogP contribution is 1.84. The summed E-state index contributed by atoms with van der Waals surface area (Å²) < 4.78 is 1.20. The van der Waals surface area contributed by atoms with Crippen LogP contribution in [-0.4, -0.2) is 9.55 Å². The summed E-state index contributed by atoms with van der Waals surface area (Å²) in [6.07, 6.45) is 2.71. The Bertz CT molecular complexity index is 475. The van der Waals surface area contributed by atoms with Crippen molar-refractivity contribution in [3.05, 3.63) is 45.3 Å². The predicted molar refractivity (Wildman–Crippen MR) is 46.2 cm³/mol. The molecule has 0 aliphatic carbocycles. The molecule has 1 aromatic rings. The van der Waals surface area contributed by atoms with Gasteiger partial charge in [-0.05, 0) is 0 Å². The Balaban J connectivity index is 3.41. The van der Waals surface area contributed by atoms with Gasteiger partial charge in [-0.3, -0.25) is 14.3 Å². The minimum Gasteiger partial charge on any atom is -0.295 e. The normalized spacial score (nSPS) is 9.15. The summed E-state index contributed by atoms with van der Waals surface area (Å²) >= 11 is 0. The van der Waals surface area contributed by atoms with Gasteiger partial charge in [0.15, 0.2) is 0 Å². The molecule has 66 valence electrons. The Morgan fingerprint density at radius 1 is 1.69 bits per heavy atom. The first kappa shape index (κ1) is 9.00. The van der Waals surface area contributed by atoms with E-state index >= 15 is 0 Å². The van der Waals surface area contributed by atoms with Crippen molar-refractivity contribution in [1.82, 2.24) is 9.55 Å². The van der Waals surface area contributed by atoms with Gasteiger partial charge in [-0.2, -0.15) is 5.26 Å². The zero-order valence-electron chi connectivity index (χ0n) is 6.78. The third-order valence-electron chi connectivity index (χ3n) is 1.46. The van der Waals surface area contributed by atoms with Gasteiger partial charge in [-0.1, -0.05) is 6.08 Å². The largest absolute Gasteiger partial charge is 0.328 e. The fraction of sp³-hybridized carbons (Fsp3) is 0.125. The van der Waals surface area contributed by atoms with Crippen LogP contribution in [0.4, 0.5) is 0 Å². The van der Waals surface area contributed by atoms with Crippen molar-refractivity contribution in [3.63, 3.8) is 0 Å². The second kappa shape index (κ2) is 3.54. The van der Waals surface area contributed by atoms with Gasteiger partial charge in [-0.15, -0.1) is 6.58 Å². The number of nitriles is 1. The summed E-state index contributed by atoms with van der Waals surface area (Å²) in [7, 11) is 0. The topological polar surface area (TPSA) is 78.7 Å². The molecule has 0 amide bonds. The maximum Gasteiger partial charge on any atom is 0.328 e. The SMILES string of the molecule is C=CCn1cc(C#N)c(=O)[nH]c1=O. The van der Waals surface area contributed by atoms with Crippen LogP contribution in [0.25, 0.3) is 0 Å². The summed E-state index contributed by atoms with van der Waals surface area (Å²) in [5.41, 5.74) is -1.28. The Morgan fingerprint density at radius 2 is 2.38 bits per heavy atom. The number of nitrogens with zero attached hydrogens (tertiary/aromatic N) is 2. The lowest BCUT2D eigenvalue weighted by Gasteiger charge is -1.99. The van der Waals surface area contributed by atoms with Crippen LogP contribution < -0.4 is 11.2 Å². The molecule has 0 aliphatic heterocycles. The number of hydrogen-bond donors (Lipinski definition) is 1. The van der Waals surface area contributed by atoms with E-state index in [1.807, 2.05) is 4.98 Å². The fourth-order valence-electron chi connectivity index (χ4n) is 0.864. The smallest absolute Gasteiger partial charge is 0.295 e. The average molecular weight is 177 g/mol. The Kier molecular flexibility index (Phi) is 2.45. The van der Waals surface area contributed by atoms with E-state index in [4.69, 9.17) is 5.26 Å². The van der Waals surface area contributed by atoms with Gasteiger partial charge in [0.1, 0.15) is 11.6 Å². The molecule has 1 heterocycles. The van der Waals surface area contributed by atoms with E-state index in [1.54, 1.807) is 6.07 Å². The molecule has 13 heavy (non-hydrogen) atoms. The maximum atomic E-state index is 11.0. The van der Waals surface area contributed by atoms with E-state index in [2.05, 4.69) is 6.58 Å². The van der Waals surface area contributed by atoms with Crippen LogP contribution in [0.5, 0.6) is 0 Å². The molecule has 1 aromatic heterocycles. The molecule has 0 atom stereocenters. The van der Waals surface area contributed by atoms with Crippen molar-refractivity contribution in [2.45, 2.75) is 6.54 Å². The number of aromatic amines is 1. The number of allylic oxidation sites excluding steroid dienone is 1. The van der Waals surface area contributed by atoms with Crippen molar-refractivity contribution < 1.29 is 0 Å². The molecule has 0 radical (unpaired) electrons. The number of nitrogens with one attached hydrogen (secondary N) is 1. The lowest BCUT2D eigenvalue weighted by molar-refractivity contribution is 0.734. The highest BCUT2D eigenvalue weighted by Gasteiger charge is 2.01. The highest BCUT2D eigenvalue weighted by atomic mass is 16.2. The maximum absolute atomic E-state index is 11.0. The van der Waals surface area contributed by atoms with Crippen molar-refractivity contribution in [1.29, 1.82) is 5.26 Å². The third-order valence-corrected chi connectivity index (χ3v) is 1.46. The highest BCUT2D eigenvalue weighted by molar-refractivity contribution is 5.21. The lowest BCUT2D eigenvalue weighted by atomic mass is 10.4. The van der Waals surface area contributed by atoms with Crippen LogP contribution >= 0.6 is 0 Å². The summed E-state index contributed by atoms with van der Waals surface area (Å²) in [6.45, 7) is 3.71. The number of H-pyrrole nitrogens is 1. The van der Waals surface area contributed by atoms with Crippen molar-refractivity contribution >= 4 is 0 Å². The Morgan fingerprint density at radius 3 is 2.92 bits per heavy atom. The van der Waals surface area contributed by atoms with Gasteiger partial charge in [0.05, 0.1) is 0 Å².